The fourth-order valence-electron chi connectivity index (χ4n) is 17.4. The normalized spacial score (nSPS) is 81.6. The van der Waals surface area contributed by atoms with Crippen LogP contribution in [0, 0.1) is 142 Å². The van der Waals surface area contributed by atoms with E-state index < -0.39 is 13.5 Å². The molecule has 0 bridgehead atoms. The Morgan fingerprint density at radius 1 is 0.543 bits per heavy atom. The van der Waals surface area contributed by atoms with E-state index >= 15 is 0 Å². The van der Waals surface area contributed by atoms with E-state index in [1.165, 1.54) is 65.1 Å². The third-order valence-corrected chi connectivity index (χ3v) is 30.1. The lowest BCUT2D eigenvalue weighted by Crippen LogP contribution is -2.95. The number of thiol groups is 1. The van der Waals surface area contributed by atoms with Crippen molar-refractivity contribution in [2.45, 2.75) is 19.3 Å². The van der Waals surface area contributed by atoms with Gasteiger partial charge in [0, 0.05) is 5.41 Å². The summed E-state index contributed by atoms with van der Waals surface area (Å²) in [6, 6.07) is 0. The van der Waals surface area contributed by atoms with E-state index in [4.69, 9.17) is 48.9 Å². The number of fused-ring (bicyclic) bond motifs is 33. The molecule has 7 heteroatoms. The Morgan fingerprint density at radius 3 is 1.57 bits per heavy atom. The number of rotatable bonds is 4. The van der Waals surface area contributed by atoms with Crippen molar-refractivity contribution in [1.29, 1.82) is 0 Å². The predicted molar refractivity (Wildman–Crippen MR) is 148 cm³/mol. The summed E-state index contributed by atoms with van der Waals surface area (Å²) in [6.45, 7) is -1.18. The van der Waals surface area contributed by atoms with Crippen LogP contribution in [-0.4, -0.2) is 6.61 Å². The van der Waals surface area contributed by atoms with Gasteiger partial charge >= 0.3 is 0 Å². The highest BCUT2D eigenvalue weighted by molar-refractivity contribution is 9.03. The lowest BCUT2D eigenvalue weighted by Gasteiger charge is -2.96. The first-order valence-corrected chi connectivity index (χ1v) is 22.4. The molecule has 1 nitrogen and oxygen atoms in total. The lowest BCUT2D eigenvalue weighted by atomic mass is 9.08. The Bertz CT molecular complexity index is 1400. The second kappa shape index (κ2) is 5.17. The molecule has 0 amide bonds. The summed E-state index contributed by atoms with van der Waals surface area (Å²) < 4.78 is 6.55. The quantitative estimate of drug-likeness (QED) is 0.310. The topological polar surface area (TPSA) is 9.23 Å². The highest BCUT2D eigenvalue weighted by Gasteiger charge is 2.97. The first-order valence-electron chi connectivity index (χ1n) is 15.0. The second-order valence-electron chi connectivity index (χ2n) is 16.4. The molecule has 0 saturated heterocycles. The molecule has 13 fully saturated rings. The van der Waals surface area contributed by atoms with Crippen LogP contribution in [0.15, 0.2) is 0 Å². The van der Waals surface area contributed by atoms with E-state index in [-0.39, 0.29) is 0 Å². The molecule has 13 aliphatic carbocycles. The average molecular weight is 577 g/mol. The van der Waals surface area contributed by atoms with Crippen molar-refractivity contribution in [1.82, 2.24) is 0 Å². The maximum Gasteiger partial charge on any atom is 0.0754 e. The molecule has 35 heavy (non-hydrogen) atoms. The fourth-order valence-corrected chi connectivity index (χ4v) is 19.3. The van der Waals surface area contributed by atoms with Gasteiger partial charge in [-0.15, -0.1) is 0 Å². The van der Waals surface area contributed by atoms with E-state index in [2.05, 4.69) is 0 Å². The molecule has 24 atom stereocenters. The molecule has 13 saturated carbocycles. The summed E-state index contributed by atoms with van der Waals surface area (Å²) in [6.07, 6.45) is 4.87. The second-order valence-corrected chi connectivity index (χ2v) is 29.8. The highest BCUT2D eigenvalue weighted by atomic mass is 33.7. The van der Waals surface area contributed by atoms with Crippen molar-refractivity contribution in [2.24, 2.45) is 142 Å². The number of hydrogen-bond acceptors (Lipinski definition) is 5. The maximum absolute atomic E-state index is 6.55. The molecule has 0 aromatic rings. The summed E-state index contributed by atoms with van der Waals surface area (Å²) in [7, 11) is -1.16. The van der Waals surface area contributed by atoms with Gasteiger partial charge in [-0.1, -0.05) is 0 Å². The van der Waals surface area contributed by atoms with Gasteiger partial charge in [-0.2, -0.15) is 0 Å². The molecule has 186 valence electrons. The molecule has 13 aliphatic rings. The molecule has 0 aromatic carbocycles. The molecular formula is C28H32OS6. The summed E-state index contributed by atoms with van der Waals surface area (Å²) in [5, 5.41) is 0. The predicted octanol–water partition coefficient (Wildman–Crippen LogP) is 3.69. The van der Waals surface area contributed by atoms with Gasteiger partial charge in [-0.3, -0.25) is 0 Å². The highest BCUT2D eigenvalue weighted by Crippen LogP contribution is 3.00. The van der Waals surface area contributed by atoms with Crippen molar-refractivity contribution in [2.75, 3.05) is 6.61 Å². The van der Waals surface area contributed by atoms with Gasteiger partial charge in [0.15, 0.2) is 0 Å². The Balaban J connectivity index is 0.863. The molecule has 0 aliphatic heterocycles. The van der Waals surface area contributed by atoms with Crippen LogP contribution in [0.3, 0.4) is 0 Å². The smallest absolute Gasteiger partial charge is 0.0754 e. The minimum absolute atomic E-state index is 0.473. The number of hydrogen-bond donors (Lipinski definition) is 1. The van der Waals surface area contributed by atoms with Crippen molar-refractivity contribution in [3.63, 3.8) is 0 Å². The van der Waals surface area contributed by atoms with Crippen LogP contribution in [0.25, 0.3) is 0 Å². The molecule has 0 spiro atoms. The Hall–Kier alpha value is 1.54. The minimum atomic E-state index is -2.05. The van der Waals surface area contributed by atoms with Gasteiger partial charge in [-0.25, -0.2) is 0 Å². The minimum Gasteiger partial charge on any atom is -0.301 e. The molecule has 0 radical (unpaired) electrons. The van der Waals surface area contributed by atoms with Crippen LogP contribution in [-0.2, 0) is 62.4 Å². The Labute approximate surface area is 228 Å². The van der Waals surface area contributed by atoms with Gasteiger partial charge in [0.2, 0.25) is 0 Å². The van der Waals surface area contributed by atoms with E-state index in [9.17, 15) is 0 Å². The zero-order valence-corrected chi connectivity index (χ0v) is 24.5. The van der Waals surface area contributed by atoms with Crippen molar-refractivity contribution in [3.05, 3.63) is 0 Å². The third kappa shape index (κ3) is 1.55. The lowest BCUT2D eigenvalue weighted by molar-refractivity contribution is -0.506. The van der Waals surface area contributed by atoms with Gasteiger partial charge in [-0.05, 0) is 207 Å². The Kier molecular flexibility index (Phi) is 2.89. The van der Waals surface area contributed by atoms with E-state index in [1.54, 1.807) is 19.3 Å². The molecule has 18 unspecified atom stereocenters. The molecule has 13 rings (SSSR count). The first kappa shape index (κ1) is 19.6. The van der Waals surface area contributed by atoms with Gasteiger partial charge in [0.1, 0.15) is 0 Å². The van der Waals surface area contributed by atoms with Crippen LogP contribution in [0.2, 0.25) is 0 Å². The zero-order chi connectivity index (χ0) is 22.4. The van der Waals surface area contributed by atoms with Crippen molar-refractivity contribution < 1.29 is 4.18 Å². The van der Waals surface area contributed by atoms with Gasteiger partial charge < -0.3 is 4.18 Å². The monoisotopic (exact) mass is 576 g/mol. The molecule has 0 N–H and O–H groups in total. The van der Waals surface area contributed by atoms with Gasteiger partial charge in [0.05, 0.1) is 13.1 Å². The maximum atomic E-state index is 6.55. The van der Waals surface area contributed by atoms with Crippen LogP contribution < -0.4 is 0 Å². The van der Waals surface area contributed by atoms with Crippen LogP contribution in [0.4, 0.5) is 0 Å². The first-order chi connectivity index (χ1) is 17.0. The fraction of sp³-hybridized carbons (Fsp3) is 1.00. The van der Waals surface area contributed by atoms with Crippen LogP contribution in [0.1, 0.15) is 19.3 Å². The largest absolute Gasteiger partial charge is 0.301 e. The molecule has 0 aromatic heterocycles. The molecular weight excluding hydrogens is 545 g/mol. The summed E-state index contributed by atoms with van der Waals surface area (Å²) in [5.41, 5.74) is 0.473. The standard InChI is InChI=1S/C28H32OS6/c30-34(31)35(32,33)29-4-28-25-18-10-3-9-15-11-5-1-6(5)12(11)19(15)16(9)17(10)20(18)23(25)27(28)24-21-13-7-2-8(7)14(13)22(21)26(24)28/h5-27,34H,1-4H2/t5-,6?,7?,8?,9?,10-,11?,12?,13?,14-,15-,16?,17?,18?,19?,20?,21?,22?,23?,24?,25-,26+,27?,28?/m0/s1. The van der Waals surface area contributed by atoms with Crippen molar-refractivity contribution in [3.8, 4) is 0 Å². The van der Waals surface area contributed by atoms with E-state index in [0.717, 1.165) is 77.6 Å². The summed E-state index contributed by atoms with van der Waals surface area (Å²) in [4.78, 5) is 0. The zero-order valence-electron chi connectivity index (χ0n) is 19.5. The van der Waals surface area contributed by atoms with E-state index in [0.29, 0.717) is 5.41 Å². The molecule has 0 heterocycles. The summed E-state index contributed by atoms with van der Waals surface area (Å²) >= 11 is 22.4. The van der Waals surface area contributed by atoms with Gasteiger partial charge in [0.25, 0.3) is 0 Å². The van der Waals surface area contributed by atoms with Crippen LogP contribution in [0.5, 0.6) is 0 Å². The Morgan fingerprint density at radius 2 is 0.943 bits per heavy atom. The SMILES string of the molecule is S=[SH](=S)S(=S)(=S)OCC12C(C3C4C5C6C(C[C@@H]5C4[C@@H]31)[C@@H]1C6C3C4C[C@@H]4C31)C1C3C4C5CC5[C@@H]4C3[C@H]12. The van der Waals surface area contributed by atoms with E-state index in [1.807, 2.05) is 0 Å². The third-order valence-electron chi connectivity index (χ3n) is 17.5. The average Bonchev–Trinajstić information content (AvgIpc) is 3.64. The van der Waals surface area contributed by atoms with Crippen LogP contribution >= 0.6 is 0 Å². The summed E-state index contributed by atoms with van der Waals surface area (Å²) in [5.74, 6) is 26.1. The van der Waals surface area contributed by atoms with Crippen molar-refractivity contribution >= 4 is 58.3 Å².